The number of aliphatic hydroxyl groups is 1. The van der Waals surface area contributed by atoms with Crippen molar-refractivity contribution in [1.29, 1.82) is 0 Å². The zero-order chi connectivity index (χ0) is 11.1. The molecule has 1 aliphatic rings. The molecule has 1 saturated carbocycles. The van der Waals surface area contributed by atoms with Gasteiger partial charge in [0.25, 0.3) is 0 Å². The van der Waals surface area contributed by atoms with Gasteiger partial charge in [-0.3, -0.25) is 0 Å². The number of nitrogens with zero attached hydrogens (tertiary/aromatic N) is 1. The predicted octanol–water partition coefficient (Wildman–Crippen LogP) is 1.22. The van der Waals surface area contributed by atoms with E-state index in [1.165, 1.54) is 32.2 Å². The first kappa shape index (κ1) is 12.9. The van der Waals surface area contributed by atoms with Gasteiger partial charge in [0.2, 0.25) is 0 Å². The van der Waals surface area contributed by atoms with Crippen LogP contribution in [0.3, 0.4) is 0 Å². The van der Waals surface area contributed by atoms with Gasteiger partial charge >= 0.3 is 0 Å². The van der Waals surface area contributed by atoms with E-state index in [-0.39, 0.29) is 12.6 Å². The summed E-state index contributed by atoms with van der Waals surface area (Å²) < 4.78 is 0. The minimum atomic E-state index is 0.253. The van der Waals surface area contributed by atoms with Gasteiger partial charge < -0.3 is 15.3 Å². The Morgan fingerprint density at radius 1 is 1.40 bits per heavy atom. The van der Waals surface area contributed by atoms with Crippen LogP contribution in [0.5, 0.6) is 0 Å². The normalized spacial score (nSPS) is 18.4. The summed E-state index contributed by atoms with van der Waals surface area (Å²) in [7, 11) is 1.92. The van der Waals surface area contributed by atoms with E-state index in [9.17, 15) is 0 Å². The van der Waals surface area contributed by atoms with E-state index in [0.29, 0.717) is 0 Å². The van der Waals surface area contributed by atoms with Crippen LogP contribution in [0.15, 0.2) is 0 Å². The van der Waals surface area contributed by atoms with Crippen LogP contribution in [-0.4, -0.2) is 48.8 Å². The first-order valence-corrected chi connectivity index (χ1v) is 6.34. The van der Waals surface area contributed by atoms with E-state index in [1.54, 1.807) is 0 Å². The third kappa shape index (κ3) is 4.96. The highest BCUT2D eigenvalue weighted by atomic mass is 16.3. The van der Waals surface area contributed by atoms with Crippen LogP contribution in [0, 0.1) is 0 Å². The number of hydrogen-bond acceptors (Lipinski definition) is 3. The van der Waals surface area contributed by atoms with Gasteiger partial charge in [0, 0.05) is 12.1 Å². The van der Waals surface area contributed by atoms with E-state index in [1.807, 2.05) is 7.05 Å². The van der Waals surface area contributed by atoms with Gasteiger partial charge in [0.05, 0.1) is 6.61 Å². The Bertz CT molecular complexity index is 156. The fraction of sp³-hybridized carbons (Fsp3) is 1.00. The van der Waals surface area contributed by atoms with Gasteiger partial charge in [-0.05, 0) is 45.8 Å². The van der Waals surface area contributed by atoms with Crippen molar-refractivity contribution in [2.75, 3.05) is 26.7 Å². The summed E-state index contributed by atoms with van der Waals surface area (Å²) >= 11 is 0. The Labute approximate surface area is 93.9 Å². The number of hydrogen-bond donors (Lipinski definition) is 2. The highest BCUT2D eigenvalue weighted by Crippen LogP contribution is 2.27. The van der Waals surface area contributed by atoms with Gasteiger partial charge in [-0.15, -0.1) is 0 Å². The quantitative estimate of drug-likeness (QED) is 0.606. The Morgan fingerprint density at radius 3 is 2.60 bits per heavy atom. The summed E-state index contributed by atoms with van der Waals surface area (Å²) in [5.74, 6) is 0. The Kier molecular flexibility index (Phi) is 6.22. The van der Waals surface area contributed by atoms with E-state index in [4.69, 9.17) is 5.11 Å². The summed E-state index contributed by atoms with van der Waals surface area (Å²) in [4.78, 5) is 2.60. The second-order valence-corrected chi connectivity index (χ2v) is 4.58. The lowest BCUT2D eigenvalue weighted by Gasteiger charge is -2.24. The second-order valence-electron chi connectivity index (χ2n) is 4.58. The summed E-state index contributed by atoms with van der Waals surface area (Å²) in [6.45, 7) is 4.87. The molecule has 1 atom stereocenters. The van der Waals surface area contributed by atoms with Gasteiger partial charge in [-0.2, -0.15) is 0 Å². The molecule has 0 aromatic carbocycles. The van der Waals surface area contributed by atoms with E-state index >= 15 is 0 Å². The topological polar surface area (TPSA) is 35.5 Å². The Balaban J connectivity index is 2.18. The lowest BCUT2D eigenvalue weighted by Crippen LogP contribution is -2.36. The van der Waals surface area contributed by atoms with Crippen molar-refractivity contribution in [2.45, 2.75) is 51.1 Å². The van der Waals surface area contributed by atoms with Crippen LogP contribution in [0.2, 0.25) is 0 Å². The molecule has 0 aromatic rings. The molecule has 0 saturated heterocycles. The molecule has 2 N–H and O–H groups in total. The van der Waals surface area contributed by atoms with Gasteiger partial charge in [-0.1, -0.05) is 13.3 Å². The number of nitrogens with one attached hydrogen (secondary N) is 1. The third-order valence-corrected chi connectivity index (χ3v) is 3.26. The molecule has 1 aliphatic carbocycles. The molecular formula is C12H26N2O. The molecule has 0 radical (unpaired) electrons. The van der Waals surface area contributed by atoms with Crippen molar-refractivity contribution in [1.82, 2.24) is 10.2 Å². The number of likely N-dealkylation sites (N-methyl/N-ethyl adjacent to an activating group) is 1. The summed E-state index contributed by atoms with van der Waals surface area (Å²) in [6.07, 6.45) is 6.41. The molecule has 1 rings (SSSR count). The number of aliphatic hydroxyl groups excluding tert-OH is 1. The van der Waals surface area contributed by atoms with Crippen LogP contribution in [0.4, 0.5) is 0 Å². The van der Waals surface area contributed by atoms with E-state index in [2.05, 4.69) is 17.1 Å². The molecular weight excluding hydrogens is 188 g/mol. The molecule has 0 aliphatic heterocycles. The Hall–Kier alpha value is -0.120. The van der Waals surface area contributed by atoms with E-state index < -0.39 is 0 Å². The zero-order valence-electron chi connectivity index (χ0n) is 10.2. The lowest BCUT2D eigenvalue weighted by atomic mass is 10.2. The highest BCUT2D eigenvalue weighted by molar-refractivity contribution is 4.85. The van der Waals surface area contributed by atoms with Crippen LogP contribution in [-0.2, 0) is 0 Å². The predicted molar refractivity (Wildman–Crippen MR) is 64.1 cm³/mol. The maximum atomic E-state index is 9.09. The van der Waals surface area contributed by atoms with Gasteiger partial charge in [0.1, 0.15) is 0 Å². The SMILES string of the molecule is CCCCN(CCC(CO)NC)C1CC1. The molecule has 3 nitrogen and oxygen atoms in total. The first-order valence-electron chi connectivity index (χ1n) is 6.34. The fourth-order valence-corrected chi connectivity index (χ4v) is 1.93. The van der Waals surface area contributed by atoms with Gasteiger partial charge in [0.15, 0.2) is 0 Å². The molecule has 15 heavy (non-hydrogen) atoms. The molecule has 0 amide bonds. The van der Waals surface area contributed by atoms with Crippen molar-refractivity contribution in [3.05, 3.63) is 0 Å². The summed E-state index contributed by atoms with van der Waals surface area (Å²) in [5.41, 5.74) is 0. The van der Waals surface area contributed by atoms with Crippen molar-refractivity contribution in [3.63, 3.8) is 0 Å². The van der Waals surface area contributed by atoms with E-state index in [0.717, 1.165) is 19.0 Å². The largest absolute Gasteiger partial charge is 0.395 e. The molecule has 3 heteroatoms. The second kappa shape index (κ2) is 7.20. The standard InChI is InChI=1S/C12H26N2O/c1-3-4-8-14(12-5-6-12)9-7-11(10-15)13-2/h11-13,15H,3-10H2,1-2H3. The molecule has 1 unspecified atom stereocenters. The molecule has 0 spiro atoms. The minimum Gasteiger partial charge on any atom is -0.395 e. The lowest BCUT2D eigenvalue weighted by molar-refractivity contribution is 0.204. The summed E-state index contributed by atoms with van der Waals surface area (Å²) in [6, 6.07) is 1.13. The average molecular weight is 214 g/mol. The minimum absolute atomic E-state index is 0.253. The monoisotopic (exact) mass is 214 g/mol. The zero-order valence-corrected chi connectivity index (χ0v) is 10.2. The van der Waals surface area contributed by atoms with Crippen molar-refractivity contribution in [2.24, 2.45) is 0 Å². The van der Waals surface area contributed by atoms with Crippen molar-refractivity contribution in [3.8, 4) is 0 Å². The first-order chi connectivity index (χ1) is 7.31. The molecule has 90 valence electrons. The fourth-order valence-electron chi connectivity index (χ4n) is 1.93. The average Bonchev–Trinajstić information content (AvgIpc) is 3.07. The van der Waals surface area contributed by atoms with Crippen LogP contribution in [0.25, 0.3) is 0 Å². The van der Waals surface area contributed by atoms with Crippen LogP contribution in [0.1, 0.15) is 39.0 Å². The van der Waals surface area contributed by atoms with Crippen molar-refractivity contribution < 1.29 is 5.11 Å². The number of rotatable bonds is 9. The van der Waals surface area contributed by atoms with Crippen LogP contribution >= 0.6 is 0 Å². The number of unbranched alkanes of at least 4 members (excludes halogenated alkanes) is 1. The molecule has 0 bridgehead atoms. The van der Waals surface area contributed by atoms with Crippen LogP contribution < -0.4 is 5.32 Å². The highest BCUT2D eigenvalue weighted by Gasteiger charge is 2.28. The smallest absolute Gasteiger partial charge is 0.0585 e. The Morgan fingerprint density at radius 2 is 2.13 bits per heavy atom. The van der Waals surface area contributed by atoms with Gasteiger partial charge in [-0.25, -0.2) is 0 Å². The third-order valence-electron chi connectivity index (χ3n) is 3.26. The maximum Gasteiger partial charge on any atom is 0.0585 e. The molecule has 1 fully saturated rings. The summed E-state index contributed by atoms with van der Waals surface area (Å²) in [5, 5.41) is 12.2. The molecule has 0 aromatic heterocycles. The maximum absolute atomic E-state index is 9.09. The molecule has 0 heterocycles. The van der Waals surface area contributed by atoms with Crippen molar-refractivity contribution >= 4 is 0 Å².